The zero-order chi connectivity index (χ0) is 25.9. The van der Waals surface area contributed by atoms with Crippen LogP contribution < -0.4 is 10.6 Å². The van der Waals surface area contributed by atoms with Crippen molar-refractivity contribution in [3.05, 3.63) is 34.9 Å². The monoisotopic (exact) mass is 477 g/mol. The summed E-state index contributed by atoms with van der Waals surface area (Å²) in [5, 5.41) is 15.4. The van der Waals surface area contributed by atoms with E-state index in [1.165, 1.54) is 4.90 Å². The Morgan fingerprint density at radius 1 is 1.09 bits per heavy atom. The van der Waals surface area contributed by atoms with Gasteiger partial charge in [-0.3, -0.25) is 9.59 Å². The normalized spacial score (nSPS) is 13.1. The maximum Gasteiger partial charge on any atom is 0.408 e. The van der Waals surface area contributed by atoms with Gasteiger partial charge in [0.15, 0.2) is 0 Å². The van der Waals surface area contributed by atoms with E-state index < -0.39 is 36.3 Å². The summed E-state index contributed by atoms with van der Waals surface area (Å²) in [7, 11) is 0. The summed E-state index contributed by atoms with van der Waals surface area (Å²) in [4.78, 5) is 40.8. The minimum absolute atomic E-state index is 0.277. The number of aliphatic hydroxyl groups is 1. The van der Waals surface area contributed by atoms with E-state index in [2.05, 4.69) is 17.6 Å². The minimum Gasteiger partial charge on any atom is -0.444 e. The van der Waals surface area contributed by atoms with Crippen molar-refractivity contribution >= 4 is 17.9 Å². The van der Waals surface area contributed by atoms with Crippen molar-refractivity contribution in [3.63, 3.8) is 0 Å². The molecule has 192 valence electrons. The molecule has 1 aromatic rings. The van der Waals surface area contributed by atoms with Crippen LogP contribution in [-0.4, -0.2) is 59.3 Å². The number of benzene rings is 1. The fourth-order valence-electron chi connectivity index (χ4n) is 3.63. The summed E-state index contributed by atoms with van der Waals surface area (Å²) in [6, 6.07) is 3.68. The van der Waals surface area contributed by atoms with Crippen molar-refractivity contribution in [2.45, 2.75) is 91.8 Å². The van der Waals surface area contributed by atoms with Crippen LogP contribution in [0.5, 0.6) is 0 Å². The standard InChI is InChI=1S/C26H43N3O5/c1-8-10-11-14-27-23(31)22(20-16-18(3)12-13-19(20)4)29(15-9-2)24(32)21(17-30)28-25(33)34-26(5,6)7/h12-13,16,21-22,30H,8-11,14-15,17H2,1-7H3,(H,27,31)(H,28,33). The second-order valence-corrected chi connectivity index (χ2v) is 9.67. The van der Waals surface area contributed by atoms with Crippen LogP contribution in [0.25, 0.3) is 0 Å². The second-order valence-electron chi connectivity index (χ2n) is 9.67. The van der Waals surface area contributed by atoms with E-state index in [1.807, 2.05) is 39.0 Å². The maximum atomic E-state index is 13.6. The molecule has 0 aliphatic heterocycles. The highest BCUT2D eigenvalue weighted by Gasteiger charge is 2.36. The summed E-state index contributed by atoms with van der Waals surface area (Å²) in [6.45, 7) is 13.2. The zero-order valence-corrected chi connectivity index (χ0v) is 21.9. The Labute approximate surface area is 204 Å². The van der Waals surface area contributed by atoms with Crippen LogP contribution in [0.2, 0.25) is 0 Å². The largest absolute Gasteiger partial charge is 0.444 e. The molecule has 0 aromatic heterocycles. The van der Waals surface area contributed by atoms with Crippen LogP contribution in [0.1, 0.15) is 83.0 Å². The van der Waals surface area contributed by atoms with Gasteiger partial charge in [0, 0.05) is 13.1 Å². The Morgan fingerprint density at radius 2 is 1.76 bits per heavy atom. The number of unbranched alkanes of at least 4 members (excludes halogenated alkanes) is 2. The molecule has 3 N–H and O–H groups in total. The van der Waals surface area contributed by atoms with E-state index in [0.29, 0.717) is 13.0 Å². The first kappa shape index (κ1) is 29.4. The minimum atomic E-state index is -1.23. The molecule has 0 aliphatic rings. The molecule has 34 heavy (non-hydrogen) atoms. The van der Waals surface area contributed by atoms with E-state index in [0.717, 1.165) is 36.0 Å². The molecule has 2 atom stereocenters. The Kier molecular flexibility index (Phi) is 12.1. The van der Waals surface area contributed by atoms with Gasteiger partial charge in [0.1, 0.15) is 17.7 Å². The number of ether oxygens (including phenoxy) is 1. The number of carbonyl (C=O) groups is 3. The van der Waals surface area contributed by atoms with Gasteiger partial charge in [-0.25, -0.2) is 4.79 Å². The first-order valence-electron chi connectivity index (χ1n) is 12.2. The number of nitrogens with zero attached hydrogens (tertiary/aromatic N) is 1. The van der Waals surface area contributed by atoms with Gasteiger partial charge in [-0.1, -0.05) is 50.5 Å². The predicted molar refractivity (Wildman–Crippen MR) is 133 cm³/mol. The predicted octanol–water partition coefficient (Wildman–Crippen LogP) is 3.78. The molecule has 0 fully saturated rings. The smallest absolute Gasteiger partial charge is 0.408 e. The lowest BCUT2D eigenvalue weighted by atomic mass is 9.96. The Bertz CT molecular complexity index is 819. The van der Waals surface area contributed by atoms with Crippen molar-refractivity contribution in [2.75, 3.05) is 19.7 Å². The molecule has 0 saturated carbocycles. The van der Waals surface area contributed by atoms with Gasteiger partial charge in [-0.15, -0.1) is 0 Å². The number of amides is 3. The molecule has 8 nitrogen and oxygen atoms in total. The molecular formula is C26H43N3O5. The average Bonchev–Trinajstić information content (AvgIpc) is 2.75. The summed E-state index contributed by atoms with van der Waals surface area (Å²) < 4.78 is 5.25. The number of alkyl carbamates (subject to hydrolysis) is 1. The molecule has 0 heterocycles. The highest BCUT2D eigenvalue weighted by Crippen LogP contribution is 2.27. The molecular weight excluding hydrogens is 434 g/mol. The summed E-state index contributed by atoms with van der Waals surface area (Å²) in [5.41, 5.74) is 1.83. The number of hydrogen-bond donors (Lipinski definition) is 3. The highest BCUT2D eigenvalue weighted by molar-refractivity contribution is 5.92. The number of aliphatic hydroxyl groups excluding tert-OH is 1. The fourth-order valence-corrected chi connectivity index (χ4v) is 3.63. The molecule has 0 saturated heterocycles. The van der Waals surface area contributed by atoms with E-state index in [1.54, 1.807) is 20.8 Å². The number of hydrogen-bond acceptors (Lipinski definition) is 5. The van der Waals surface area contributed by atoms with Gasteiger partial charge in [0.05, 0.1) is 6.61 Å². The van der Waals surface area contributed by atoms with Crippen LogP contribution in [0.4, 0.5) is 4.79 Å². The molecule has 0 aliphatic carbocycles. The van der Waals surface area contributed by atoms with Crippen molar-refractivity contribution in [2.24, 2.45) is 0 Å². The number of rotatable bonds is 12. The number of aryl methyl sites for hydroxylation is 2. The summed E-state index contributed by atoms with van der Waals surface area (Å²) >= 11 is 0. The van der Waals surface area contributed by atoms with Crippen LogP contribution >= 0.6 is 0 Å². The molecule has 1 rings (SSSR count). The lowest BCUT2D eigenvalue weighted by Crippen LogP contribution is -2.54. The van der Waals surface area contributed by atoms with Crippen molar-refractivity contribution in [3.8, 4) is 0 Å². The zero-order valence-electron chi connectivity index (χ0n) is 21.9. The lowest BCUT2D eigenvalue weighted by Gasteiger charge is -2.34. The number of nitrogens with one attached hydrogen (secondary N) is 2. The number of carbonyl (C=O) groups excluding carboxylic acids is 3. The molecule has 3 amide bonds. The summed E-state index contributed by atoms with van der Waals surface area (Å²) in [5.74, 6) is -0.814. The summed E-state index contributed by atoms with van der Waals surface area (Å²) in [6.07, 6.45) is 2.68. The first-order chi connectivity index (χ1) is 15.9. The fraction of sp³-hybridized carbons (Fsp3) is 0.654. The van der Waals surface area contributed by atoms with E-state index in [-0.39, 0.29) is 12.5 Å². The van der Waals surface area contributed by atoms with Crippen LogP contribution in [0.15, 0.2) is 18.2 Å². The molecule has 0 spiro atoms. The van der Waals surface area contributed by atoms with E-state index >= 15 is 0 Å². The van der Waals surface area contributed by atoms with Gasteiger partial charge >= 0.3 is 6.09 Å². The molecule has 1 aromatic carbocycles. The molecule has 2 unspecified atom stereocenters. The third-order valence-corrected chi connectivity index (χ3v) is 5.29. The van der Waals surface area contributed by atoms with Crippen molar-refractivity contribution in [1.29, 1.82) is 0 Å². The Balaban J connectivity index is 3.33. The van der Waals surface area contributed by atoms with Gasteiger partial charge in [-0.05, 0) is 58.6 Å². The van der Waals surface area contributed by atoms with Crippen LogP contribution in [-0.2, 0) is 14.3 Å². The molecule has 8 heteroatoms. The Hall–Kier alpha value is -2.61. The Morgan fingerprint density at radius 3 is 2.32 bits per heavy atom. The average molecular weight is 478 g/mol. The lowest BCUT2D eigenvalue weighted by molar-refractivity contribution is -0.143. The van der Waals surface area contributed by atoms with Crippen molar-refractivity contribution < 1.29 is 24.2 Å². The topological polar surface area (TPSA) is 108 Å². The SMILES string of the molecule is CCCCCNC(=O)C(c1cc(C)ccc1C)N(CCC)C(=O)C(CO)NC(=O)OC(C)(C)C. The second kappa shape index (κ2) is 13.9. The van der Waals surface area contributed by atoms with Gasteiger partial charge in [0.25, 0.3) is 0 Å². The molecule has 0 bridgehead atoms. The quantitative estimate of drug-likeness (QED) is 0.397. The first-order valence-corrected chi connectivity index (χ1v) is 12.2. The van der Waals surface area contributed by atoms with Crippen molar-refractivity contribution in [1.82, 2.24) is 15.5 Å². The maximum absolute atomic E-state index is 13.6. The third kappa shape index (κ3) is 9.33. The van der Waals surface area contributed by atoms with Gasteiger partial charge in [-0.2, -0.15) is 0 Å². The van der Waals surface area contributed by atoms with E-state index in [9.17, 15) is 19.5 Å². The van der Waals surface area contributed by atoms with Crippen LogP contribution in [0, 0.1) is 13.8 Å². The van der Waals surface area contributed by atoms with E-state index in [4.69, 9.17) is 4.74 Å². The van der Waals surface area contributed by atoms with Crippen LogP contribution in [0.3, 0.4) is 0 Å². The van der Waals surface area contributed by atoms with Gasteiger partial charge < -0.3 is 25.4 Å². The highest BCUT2D eigenvalue weighted by atomic mass is 16.6. The van der Waals surface area contributed by atoms with Gasteiger partial charge in [0.2, 0.25) is 11.8 Å². The third-order valence-electron chi connectivity index (χ3n) is 5.29. The molecule has 0 radical (unpaired) electrons.